The molecule has 0 atom stereocenters. The zero-order chi connectivity index (χ0) is 14.3. The number of carboxylic acids is 1. The van der Waals surface area contributed by atoms with Crippen LogP contribution < -0.4 is 0 Å². The molecule has 0 aliphatic carbocycles. The zero-order valence-corrected chi connectivity index (χ0v) is 10.7. The number of hydrogen-bond acceptors (Lipinski definition) is 2. The van der Waals surface area contributed by atoms with E-state index in [2.05, 4.69) is 0 Å². The van der Waals surface area contributed by atoms with Crippen LogP contribution in [0.4, 0.5) is 4.39 Å². The molecule has 3 rings (SSSR count). The van der Waals surface area contributed by atoms with Gasteiger partial charge in [0.05, 0.1) is 0 Å². The van der Waals surface area contributed by atoms with Crippen molar-refractivity contribution >= 4 is 16.7 Å². The molecule has 0 unspecified atom stereocenters. The fraction of sp³-hybridized carbons (Fsp3) is 0.0625. The summed E-state index contributed by atoms with van der Waals surface area (Å²) in [6, 6.07) is 11.2. The average Bonchev–Trinajstić information content (AvgIpc) is 2.78. The van der Waals surface area contributed by atoms with Crippen molar-refractivity contribution in [2.24, 2.45) is 0 Å². The summed E-state index contributed by atoms with van der Waals surface area (Å²) in [6.45, 7) is 1.92. The Balaban J connectivity index is 2.32. The number of hydrogen-bond donors (Lipinski definition) is 1. The molecule has 3 aromatic rings. The van der Waals surface area contributed by atoms with Gasteiger partial charge in [-0.05, 0) is 43.3 Å². The van der Waals surface area contributed by atoms with Crippen molar-refractivity contribution in [1.82, 2.24) is 0 Å². The number of fused-ring (bicyclic) bond motifs is 1. The normalized spacial score (nSPS) is 10.9. The maximum Gasteiger partial charge on any atom is 0.372 e. The second-order valence-electron chi connectivity index (χ2n) is 4.62. The van der Waals surface area contributed by atoms with Crippen molar-refractivity contribution in [3.05, 3.63) is 59.6 Å². The van der Waals surface area contributed by atoms with Crippen molar-refractivity contribution in [3.63, 3.8) is 0 Å². The minimum absolute atomic E-state index is 0.0978. The summed E-state index contributed by atoms with van der Waals surface area (Å²) in [5, 5.41) is 10.5. The lowest BCUT2D eigenvalue weighted by Gasteiger charge is -1.98. The van der Waals surface area contributed by atoms with Crippen LogP contribution in [0.5, 0.6) is 0 Å². The maximum atomic E-state index is 13.0. The van der Waals surface area contributed by atoms with Gasteiger partial charge >= 0.3 is 5.97 Å². The molecule has 0 saturated carbocycles. The van der Waals surface area contributed by atoms with Crippen molar-refractivity contribution in [1.29, 1.82) is 0 Å². The van der Waals surface area contributed by atoms with Gasteiger partial charge in [0.2, 0.25) is 5.76 Å². The van der Waals surface area contributed by atoms with Gasteiger partial charge in [0.1, 0.15) is 11.6 Å². The number of furan rings is 1. The highest BCUT2D eigenvalue weighted by molar-refractivity contribution is 6.06. The average molecular weight is 270 g/mol. The molecule has 1 heterocycles. The Morgan fingerprint density at radius 3 is 2.45 bits per heavy atom. The van der Waals surface area contributed by atoms with Gasteiger partial charge in [0.25, 0.3) is 0 Å². The van der Waals surface area contributed by atoms with Crippen molar-refractivity contribution in [2.45, 2.75) is 6.92 Å². The summed E-state index contributed by atoms with van der Waals surface area (Å²) in [7, 11) is 0. The van der Waals surface area contributed by atoms with Crippen LogP contribution in [0.15, 0.2) is 46.9 Å². The minimum atomic E-state index is -1.12. The molecule has 0 aliphatic heterocycles. The lowest BCUT2D eigenvalue weighted by atomic mass is 10.0. The fourth-order valence-electron chi connectivity index (χ4n) is 2.23. The van der Waals surface area contributed by atoms with Gasteiger partial charge in [0.15, 0.2) is 0 Å². The van der Waals surface area contributed by atoms with E-state index in [-0.39, 0.29) is 11.6 Å². The highest BCUT2D eigenvalue weighted by atomic mass is 19.1. The van der Waals surface area contributed by atoms with Gasteiger partial charge in [0, 0.05) is 16.3 Å². The van der Waals surface area contributed by atoms with Crippen LogP contribution in [-0.2, 0) is 0 Å². The Morgan fingerprint density at radius 2 is 1.80 bits per heavy atom. The fourth-order valence-corrected chi connectivity index (χ4v) is 2.23. The number of carbonyl (C=O) groups is 1. The third kappa shape index (κ3) is 1.95. The first kappa shape index (κ1) is 12.4. The molecule has 2 aromatic carbocycles. The molecule has 0 radical (unpaired) electrons. The highest BCUT2D eigenvalue weighted by Gasteiger charge is 2.19. The SMILES string of the molecule is Cc1ccc2c(C(=O)O)oc(-c3ccc(F)cc3)c2c1. The summed E-state index contributed by atoms with van der Waals surface area (Å²) in [5.74, 6) is -1.12. The lowest BCUT2D eigenvalue weighted by molar-refractivity contribution is 0.0666. The second-order valence-corrected chi connectivity index (χ2v) is 4.62. The van der Waals surface area contributed by atoms with Crippen molar-refractivity contribution < 1.29 is 18.7 Å². The van der Waals surface area contributed by atoms with E-state index in [0.717, 1.165) is 5.56 Å². The van der Waals surface area contributed by atoms with Crippen LogP contribution in [0, 0.1) is 12.7 Å². The van der Waals surface area contributed by atoms with Gasteiger partial charge in [-0.15, -0.1) is 0 Å². The Kier molecular flexibility index (Phi) is 2.79. The second kappa shape index (κ2) is 4.49. The van der Waals surface area contributed by atoms with Crippen LogP contribution in [0.1, 0.15) is 16.1 Å². The number of halogens is 1. The molecule has 4 heteroatoms. The Bertz CT molecular complexity index is 800. The predicted molar refractivity (Wildman–Crippen MR) is 73.3 cm³/mol. The van der Waals surface area contributed by atoms with Crippen LogP contribution >= 0.6 is 0 Å². The molecule has 3 nitrogen and oxygen atoms in total. The van der Waals surface area contributed by atoms with E-state index in [1.807, 2.05) is 19.1 Å². The van der Waals surface area contributed by atoms with E-state index in [4.69, 9.17) is 4.42 Å². The van der Waals surface area contributed by atoms with Gasteiger partial charge in [-0.2, -0.15) is 0 Å². The van der Waals surface area contributed by atoms with E-state index in [1.165, 1.54) is 12.1 Å². The quantitative estimate of drug-likeness (QED) is 0.757. The van der Waals surface area contributed by atoms with E-state index >= 15 is 0 Å². The number of aromatic carboxylic acids is 1. The summed E-state index contributed by atoms with van der Waals surface area (Å²) < 4.78 is 18.5. The van der Waals surface area contributed by atoms with Gasteiger partial charge in [-0.3, -0.25) is 0 Å². The predicted octanol–water partition coefficient (Wildman–Crippen LogP) is 4.25. The minimum Gasteiger partial charge on any atom is -0.475 e. The van der Waals surface area contributed by atoms with E-state index < -0.39 is 5.97 Å². The third-order valence-electron chi connectivity index (χ3n) is 3.17. The van der Waals surface area contributed by atoms with Gasteiger partial charge in [-0.1, -0.05) is 11.6 Å². The first-order chi connectivity index (χ1) is 9.56. The molecule has 0 bridgehead atoms. The molecule has 100 valence electrons. The molecule has 0 saturated heterocycles. The van der Waals surface area contributed by atoms with Crippen LogP contribution in [0.25, 0.3) is 22.1 Å². The molecule has 20 heavy (non-hydrogen) atoms. The summed E-state index contributed by atoms with van der Waals surface area (Å²) in [6.07, 6.45) is 0. The monoisotopic (exact) mass is 270 g/mol. The van der Waals surface area contributed by atoms with E-state index in [0.29, 0.717) is 22.1 Å². The van der Waals surface area contributed by atoms with Crippen LogP contribution in [-0.4, -0.2) is 11.1 Å². The molecule has 0 amide bonds. The third-order valence-corrected chi connectivity index (χ3v) is 3.17. The van der Waals surface area contributed by atoms with Crippen LogP contribution in [0.2, 0.25) is 0 Å². The molecular weight excluding hydrogens is 259 g/mol. The Hall–Kier alpha value is -2.62. The lowest BCUT2D eigenvalue weighted by Crippen LogP contribution is -1.93. The molecule has 1 N–H and O–H groups in total. The number of benzene rings is 2. The van der Waals surface area contributed by atoms with E-state index in [9.17, 15) is 14.3 Å². The maximum absolute atomic E-state index is 13.0. The number of aryl methyl sites for hydroxylation is 1. The first-order valence-electron chi connectivity index (χ1n) is 6.08. The molecular formula is C16H11FO3. The summed E-state index contributed by atoms with van der Waals surface area (Å²) in [5.41, 5.74) is 1.65. The van der Waals surface area contributed by atoms with Crippen molar-refractivity contribution in [3.8, 4) is 11.3 Å². The molecule has 0 spiro atoms. The van der Waals surface area contributed by atoms with E-state index in [1.54, 1.807) is 18.2 Å². The highest BCUT2D eigenvalue weighted by Crippen LogP contribution is 2.34. The topological polar surface area (TPSA) is 50.4 Å². The first-order valence-corrected chi connectivity index (χ1v) is 6.08. The standard InChI is InChI=1S/C16H11FO3/c1-9-2-7-12-13(8-9)14(20-15(12)16(18)19)10-3-5-11(17)6-4-10/h2-8H,1H3,(H,18,19). The number of rotatable bonds is 2. The molecule has 0 fully saturated rings. The zero-order valence-electron chi connectivity index (χ0n) is 10.7. The largest absolute Gasteiger partial charge is 0.475 e. The van der Waals surface area contributed by atoms with Crippen LogP contribution in [0.3, 0.4) is 0 Å². The summed E-state index contributed by atoms with van der Waals surface area (Å²) in [4.78, 5) is 11.2. The summed E-state index contributed by atoms with van der Waals surface area (Å²) >= 11 is 0. The van der Waals surface area contributed by atoms with Crippen molar-refractivity contribution in [2.75, 3.05) is 0 Å². The number of carboxylic acid groups (broad SMARTS) is 1. The Morgan fingerprint density at radius 1 is 1.10 bits per heavy atom. The smallest absolute Gasteiger partial charge is 0.372 e. The molecule has 1 aromatic heterocycles. The van der Waals surface area contributed by atoms with Gasteiger partial charge in [-0.25, -0.2) is 9.18 Å². The van der Waals surface area contributed by atoms with Gasteiger partial charge < -0.3 is 9.52 Å². The Labute approximate surface area is 114 Å². The molecule has 0 aliphatic rings.